The second-order valence-corrected chi connectivity index (χ2v) is 6.64. The molecule has 1 aliphatic carbocycles. The normalized spacial score (nSPS) is 26.4. The fraction of sp³-hybridized carbons (Fsp3) is 0.533. The van der Waals surface area contributed by atoms with Crippen molar-refractivity contribution in [2.24, 2.45) is 11.8 Å². The third-order valence-corrected chi connectivity index (χ3v) is 4.44. The van der Waals surface area contributed by atoms with E-state index in [1.54, 1.807) is 0 Å². The quantitative estimate of drug-likeness (QED) is 0.851. The highest BCUT2D eigenvalue weighted by Gasteiger charge is 2.28. The first-order chi connectivity index (χ1) is 9.38. The van der Waals surface area contributed by atoms with Gasteiger partial charge in [-0.1, -0.05) is 29.8 Å². The van der Waals surface area contributed by atoms with Crippen LogP contribution in [0.1, 0.15) is 43.5 Å². The molecular weight excluding hydrogens is 328 g/mol. The van der Waals surface area contributed by atoms with E-state index in [9.17, 15) is 13.6 Å². The SMILES string of the molecule is CC1CCC(NC(=O)c2c(F)cc(Br)cc2F)C(C)C1. The van der Waals surface area contributed by atoms with Crippen LogP contribution in [0.2, 0.25) is 0 Å². The standard InChI is InChI=1S/C15H18BrF2NO/c1-8-3-4-13(9(2)5-8)19-15(20)14-11(17)6-10(16)7-12(14)18/h6-9,13H,3-5H2,1-2H3,(H,19,20). The zero-order valence-electron chi connectivity index (χ0n) is 11.6. The van der Waals surface area contributed by atoms with Crippen molar-refractivity contribution in [3.05, 3.63) is 33.8 Å². The molecule has 110 valence electrons. The van der Waals surface area contributed by atoms with Gasteiger partial charge in [-0.25, -0.2) is 8.78 Å². The lowest BCUT2D eigenvalue weighted by atomic mass is 9.80. The van der Waals surface area contributed by atoms with Gasteiger partial charge in [-0.05, 0) is 43.2 Å². The molecule has 1 aliphatic rings. The van der Waals surface area contributed by atoms with Gasteiger partial charge < -0.3 is 5.32 Å². The Labute approximate surface area is 126 Å². The molecule has 2 nitrogen and oxygen atoms in total. The molecule has 3 unspecified atom stereocenters. The van der Waals surface area contributed by atoms with E-state index in [1.807, 2.05) is 0 Å². The van der Waals surface area contributed by atoms with Crippen LogP contribution in [0.4, 0.5) is 8.78 Å². The Hall–Kier alpha value is -0.970. The lowest BCUT2D eigenvalue weighted by Gasteiger charge is -2.33. The van der Waals surface area contributed by atoms with Gasteiger partial charge in [-0.2, -0.15) is 0 Å². The molecule has 0 heterocycles. The topological polar surface area (TPSA) is 29.1 Å². The van der Waals surface area contributed by atoms with Crippen LogP contribution in [0.25, 0.3) is 0 Å². The third-order valence-electron chi connectivity index (χ3n) is 3.98. The molecule has 1 aromatic carbocycles. The van der Waals surface area contributed by atoms with Crippen LogP contribution in [0.3, 0.4) is 0 Å². The fourth-order valence-corrected chi connectivity index (χ4v) is 3.28. The summed E-state index contributed by atoms with van der Waals surface area (Å²) in [6.45, 7) is 4.25. The van der Waals surface area contributed by atoms with Crippen LogP contribution >= 0.6 is 15.9 Å². The highest BCUT2D eigenvalue weighted by atomic mass is 79.9. The molecule has 0 bridgehead atoms. The molecule has 1 saturated carbocycles. The molecule has 0 aliphatic heterocycles. The predicted octanol–water partition coefficient (Wildman–Crippen LogP) is 4.28. The Bertz CT molecular complexity index is 498. The second-order valence-electron chi connectivity index (χ2n) is 5.72. The van der Waals surface area contributed by atoms with Gasteiger partial charge in [0, 0.05) is 10.5 Å². The first-order valence-corrected chi connectivity index (χ1v) is 7.63. The number of carbonyl (C=O) groups is 1. The van der Waals surface area contributed by atoms with E-state index >= 15 is 0 Å². The fourth-order valence-electron chi connectivity index (χ4n) is 2.88. The summed E-state index contributed by atoms with van der Waals surface area (Å²) in [7, 11) is 0. The van der Waals surface area contributed by atoms with Crippen molar-refractivity contribution in [2.75, 3.05) is 0 Å². The first kappa shape index (κ1) is 15.4. The summed E-state index contributed by atoms with van der Waals surface area (Å²) in [6, 6.07) is 2.19. The number of halogens is 3. The monoisotopic (exact) mass is 345 g/mol. The van der Waals surface area contributed by atoms with Crippen LogP contribution in [-0.4, -0.2) is 11.9 Å². The highest BCUT2D eigenvalue weighted by Crippen LogP contribution is 2.29. The molecule has 0 saturated heterocycles. The molecule has 0 radical (unpaired) electrons. The van der Waals surface area contributed by atoms with E-state index in [0.717, 1.165) is 31.4 Å². The molecule has 1 aromatic rings. The van der Waals surface area contributed by atoms with Gasteiger partial charge in [0.2, 0.25) is 0 Å². The lowest BCUT2D eigenvalue weighted by Crippen LogP contribution is -2.43. The number of rotatable bonds is 2. The minimum atomic E-state index is -0.841. The van der Waals surface area contributed by atoms with Crippen molar-refractivity contribution in [3.63, 3.8) is 0 Å². The summed E-state index contributed by atoms with van der Waals surface area (Å²) in [5.41, 5.74) is -0.501. The Morgan fingerprint density at radius 3 is 2.40 bits per heavy atom. The molecule has 3 atom stereocenters. The molecular formula is C15H18BrF2NO. The summed E-state index contributed by atoms with van der Waals surface area (Å²) < 4.78 is 27.8. The zero-order valence-corrected chi connectivity index (χ0v) is 13.1. The average molecular weight is 346 g/mol. The van der Waals surface area contributed by atoms with Crippen LogP contribution in [0, 0.1) is 23.5 Å². The minimum Gasteiger partial charge on any atom is -0.349 e. The number of carbonyl (C=O) groups excluding carboxylic acids is 1. The second kappa shape index (κ2) is 6.20. The molecule has 1 N–H and O–H groups in total. The van der Waals surface area contributed by atoms with Crippen LogP contribution < -0.4 is 5.32 Å². The Balaban J connectivity index is 2.13. The highest BCUT2D eigenvalue weighted by molar-refractivity contribution is 9.10. The number of nitrogens with one attached hydrogen (secondary N) is 1. The van der Waals surface area contributed by atoms with E-state index in [4.69, 9.17) is 0 Å². The maximum atomic E-state index is 13.7. The van der Waals surface area contributed by atoms with Gasteiger partial charge in [0.25, 0.3) is 5.91 Å². The smallest absolute Gasteiger partial charge is 0.257 e. The van der Waals surface area contributed by atoms with E-state index in [2.05, 4.69) is 35.1 Å². The van der Waals surface area contributed by atoms with Crippen molar-refractivity contribution in [2.45, 2.75) is 39.2 Å². The van der Waals surface area contributed by atoms with Gasteiger partial charge in [0.05, 0.1) is 0 Å². The van der Waals surface area contributed by atoms with E-state index in [-0.39, 0.29) is 10.5 Å². The first-order valence-electron chi connectivity index (χ1n) is 6.84. The van der Waals surface area contributed by atoms with Crippen molar-refractivity contribution in [1.82, 2.24) is 5.32 Å². The molecule has 0 aromatic heterocycles. The van der Waals surface area contributed by atoms with Crippen molar-refractivity contribution >= 4 is 21.8 Å². The molecule has 2 rings (SSSR count). The van der Waals surface area contributed by atoms with Crippen molar-refractivity contribution < 1.29 is 13.6 Å². The number of hydrogen-bond acceptors (Lipinski definition) is 1. The van der Waals surface area contributed by atoms with E-state index < -0.39 is 23.1 Å². The van der Waals surface area contributed by atoms with Gasteiger partial charge in [0.1, 0.15) is 17.2 Å². The van der Waals surface area contributed by atoms with Crippen LogP contribution in [0.5, 0.6) is 0 Å². The van der Waals surface area contributed by atoms with Crippen LogP contribution in [0.15, 0.2) is 16.6 Å². The van der Waals surface area contributed by atoms with E-state index in [0.29, 0.717) is 11.8 Å². The van der Waals surface area contributed by atoms with E-state index in [1.165, 1.54) is 0 Å². The van der Waals surface area contributed by atoms with Crippen molar-refractivity contribution in [1.29, 1.82) is 0 Å². The number of benzene rings is 1. The minimum absolute atomic E-state index is 0.0128. The molecule has 0 spiro atoms. The molecule has 1 amide bonds. The largest absolute Gasteiger partial charge is 0.349 e. The summed E-state index contributed by atoms with van der Waals surface area (Å²) in [4.78, 5) is 12.1. The Kier molecular flexibility index (Phi) is 4.78. The maximum Gasteiger partial charge on any atom is 0.257 e. The number of amides is 1. The molecule has 20 heavy (non-hydrogen) atoms. The zero-order chi connectivity index (χ0) is 14.9. The number of hydrogen-bond donors (Lipinski definition) is 1. The maximum absolute atomic E-state index is 13.7. The molecule has 1 fully saturated rings. The Morgan fingerprint density at radius 1 is 1.25 bits per heavy atom. The Morgan fingerprint density at radius 2 is 1.85 bits per heavy atom. The van der Waals surface area contributed by atoms with Gasteiger partial charge in [-0.15, -0.1) is 0 Å². The van der Waals surface area contributed by atoms with Gasteiger partial charge in [-0.3, -0.25) is 4.79 Å². The average Bonchev–Trinajstić information content (AvgIpc) is 2.31. The third kappa shape index (κ3) is 3.37. The van der Waals surface area contributed by atoms with Gasteiger partial charge >= 0.3 is 0 Å². The van der Waals surface area contributed by atoms with Crippen molar-refractivity contribution in [3.8, 4) is 0 Å². The summed E-state index contributed by atoms with van der Waals surface area (Å²) in [5.74, 6) is -1.39. The van der Waals surface area contributed by atoms with Crippen LogP contribution in [-0.2, 0) is 0 Å². The van der Waals surface area contributed by atoms with Gasteiger partial charge in [0.15, 0.2) is 0 Å². The summed E-state index contributed by atoms with van der Waals surface area (Å²) in [6.07, 6.45) is 2.91. The molecule has 5 heteroatoms. The summed E-state index contributed by atoms with van der Waals surface area (Å²) >= 11 is 3.00. The lowest BCUT2D eigenvalue weighted by molar-refractivity contribution is 0.0891. The summed E-state index contributed by atoms with van der Waals surface area (Å²) in [5, 5.41) is 2.77. The predicted molar refractivity (Wildman–Crippen MR) is 77.5 cm³/mol.